The monoisotopic (exact) mass is 398 g/mol. The second kappa shape index (κ2) is 11.4. The Kier molecular flexibility index (Phi) is 8.64. The highest BCUT2D eigenvalue weighted by Gasteiger charge is 2.17. The number of hydrogen-bond acceptors (Lipinski definition) is 7. The quantitative estimate of drug-likeness (QED) is 0.305. The second-order valence-corrected chi connectivity index (χ2v) is 6.00. The summed E-state index contributed by atoms with van der Waals surface area (Å²) in [5.74, 6) is -0.938. The maximum absolute atomic E-state index is 12.1. The van der Waals surface area contributed by atoms with E-state index in [0.717, 1.165) is 6.21 Å². The summed E-state index contributed by atoms with van der Waals surface area (Å²) in [7, 11) is 0. The Balaban J connectivity index is 2.07. The zero-order valence-electron chi connectivity index (χ0n) is 15.5. The molecule has 29 heavy (non-hydrogen) atoms. The van der Waals surface area contributed by atoms with Crippen molar-refractivity contribution >= 4 is 23.7 Å². The number of carbonyl (C=O) groups is 2. The van der Waals surface area contributed by atoms with E-state index in [2.05, 4.69) is 21.1 Å². The Morgan fingerprint density at radius 3 is 1.90 bits per heavy atom. The van der Waals surface area contributed by atoms with E-state index in [1.807, 2.05) is 0 Å². The van der Waals surface area contributed by atoms with Crippen molar-refractivity contribution < 1.29 is 24.9 Å². The number of nitrogens with zero attached hydrogens (tertiary/aromatic N) is 2. The molecule has 9 nitrogen and oxygen atoms in total. The topological polar surface area (TPSA) is 144 Å². The summed E-state index contributed by atoms with van der Waals surface area (Å²) in [6.07, 6.45) is -1.82. The molecule has 5 N–H and O–H groups in total. The van der Waals surface area contributed by atoms with Gasteiger partial charge in [-0.05, 0) is 24.3 Å². The minimum atomic E-state index is -1.39. The van der Waals surface area contributed by atoms with Crippen molar-refractivity contribution in [2.24, 2.45) is 10.2 Å². The molecule has 0 heterocycles. The van der Waals surface area contributed by atoms with Crippen molar-refractivity contribution in [2.75, 3.05) is 6.61 Å². The van der Waals surface area contributed by atoms with E-state index in [0.29, 0.717) is 11.1 Å². The predicted octanol–water partition coefficient (Wildman–Crippen LogP) is 0.292. The largest absolute Gasteiger partial charge is 0.394 e. The lowest BCUT2D eigenvalue weighted by atomic mass is 10.1. The molecule has 2 atom stereocenters. The smallest absolute Gasteiger partial charge is 0.271 e. The minimum Gasteiger partial charge on any atom is -0.394 e. The van der Waals surface area contributed by atoms with Crippen molar-refractivity contribution in [1.82, 2.24) is 10.9 Å². The molecule has 0 fully saturated rings. The molecular weight excluding hydrogens is 376 g/mol. The number of rotatable bonds is 9. The number of nitrogens with one attached hydrogen (secondary N) is 2. The standard InChI is InChI=1S/C20H22N4O5/c25-13-18(27)17(26)11-16(22-24-20(29)15-9-5-2-6-10-15)12-21-23-19(28)14-7-3-1-4-8-14/h1-10,12,17-18,25-27H,11,13H2,(H,23,28)(H,24,29)/b21-12-,22-16-/t17-,18+/m1/s1. The zero-order chi connectivity index (χ0) is 21.1. The molecule has 2 aromatic carbocycles. The maximum atomic E-state index is 12.1. The molecule has 0 unspecified atom stereocenters. The first-order chi connectivity index (χ1) is 14.0. The van der Waals surface area contributed by atoms with Gasteiger partial charge in [0.2, 0.25) is 0 Å². The van der Waals surface area contributed by atoms with Gasteiger partial charge in [0.15, 0.2) is 0 Å². The van der Waals surface area contributed by atoms with Gasteiger partial charge >= 0.3 is 0 Å². The number of benzene rings is 2. The molecule has 0 bridgehead atoms. The fourth-order valence-corrected chi connectivity index (χ4v) is 2.20. The number of amides is 2. The van der Waals surface area contributed by atoms with E-state index in [9.17, 15) is 19.8 Å². The van der Waals surface area contributed by atoms with E-state index in [1.54, 1.807) is 60.7 Å². The van der Waals surface area contributed by atoms with Crippen LogP contribution in [-0.2, 0) is 0 Å². The van der Waals surface area contributed by atoms with Crippen LogP contribution < -0.4 is 10.9 Å². The van der Waals surface area contributed by atoms with E-state index in [-0.39, 0.29) is 12.1 Å². The Morgan fingerprint density at radius 1 is 0.862 bits per heavy atom. The van der Waals surface area contributed by atoms with Gasteiger partial charge in [0.25, 0.3) is 11.8 Å². The van der Waals surface area contributed by atoms with Crippen LogP contribution in [0.15, 0.2) is 70.9 Å². The Bertz CT molecular complexity index is 856. The highest BCUT2D eigenvalue weighted by molar-refractivity contribution is 6.31. The molecular formula is C20H22N4O5. The summed E-state index contributed by atoms with van der Waals surface area (Å²) in [4.78, 5) is 24.1. The molecule has 0 aromatic heterocycles. The highest BCUT2D eigenvalue weighted by Crippen LogP contribution is 2.02. The van der Waals surface area contributed by atoms with E-state index < -0.39 is 30.6 Å². The van der Waals surface area contributed by atoms with Crippen LogP contribution in [0.1, 0.15) is 27.1 Å². The summed E-state index contributed by atoms with van der Waals surface area (Å²) in [5.41, 5.74) is 5.48. The molecule has 0 spiro atoms. The van der Waals surface area contributed by atoms with Crippen LogP contribution in [0.4, 0.5) is 0 Å². The fourth-order valence-electron chi connectivity index (χ4n) is 2.20. The molecule has 2 rings (SSSR count). The lowest BCUT2D eigenvalue weighted by molar-refractivity contribution is -0.00975. The van der Waals surface area contributed by atoms with E-state index in [1.165, 1.54) is 0 Å². The first-order valence-corrected chi connectivity index (χ1v) is 8.78. The van der Waals surface area contributed by atoms with Gasteiger partial charge in [-0.3, -0.25) is 9.59 Å². The number of carbonyl (C=O) groups excluding carboxylic acids is 2. The van der Waals surface area contributed by atoms with Crippen LogP contribution in [0.2, 0.25) is 0 Å². The molecule has 0 aliphatic carbocycles. The molecule has 0 aliphatic rings. The zero-order valence-corrected chi connectivity index (χ0v) is 15.5. The van der Waals surface area contributed by atoms with Gasteiger partial charge in [-0.1, -0.05) is 36.4 Å². The van der Waals surface area contributed by atoms with Crippen LogP contribution in [0, 0.1) is 0 Å². The second-order valence-electron chi connectivity index (χ2n) is 6.00. The first-order valence-electron chi connectivity index (χ1n) is 8.78. The number of aliphatic hydroxyl groups is 3. The number of aliphatic hydroxyl groups excluding tert-OH is 3. The van der Waals surface area contributed by atoms with Gasteiger partial charge in [-0.15, -0.1) is 0 Å². The molecule has 0 radical (unpaired) electrons. The third-order valence-electron chi connectivity index (χ3n) is 3.80. The molecule has 2 aromatic rings. The van der Waals surface area contributed by atoms with Crippen molar-refractivity contribution in [3.8, 4) is 0 Å². The van der Waals surface area contributed by atoms with Gasteiger partial charge in [0.05, 0.1) is 24.6 Å². The maximum Gasteiger partial charge on any atom is 0.271 e. The molecule has 2 amide bonds. The lowest BCUT2D eigenvalue weighted by Crippen LogP contribution is -2.33. The summed E-state index contributed by atoms with van der Waals surface area (Å²) in [5, 5.41) is 36.1. The summed E-state index contributed by atoms with van der Waals surface area (Å²) in [6.45, 7) is -0.646. The van der Waals surface area contributed by atoms with Crippen LogP contribution in [-0.4, -0.2) is 57.9 Å². The molecule has 0 aliphatic heterocycles. The first kappa shape index (κ1) is 21.9. The average Bonchev–Trinajstić information content (AvgIpc) is 2.77. The van der Waals surface area contributed by atoms with Gasteiger partial charge in [0.1, 0.15) is 6.10 Å². The van der Waals surface area contributed by atoms with E-state index in [4.69, 9.17) is 5.11 Å². The SMILES string of the molecule is O=C(N/N=C\C(C[C@@H](O)[C@@H](O)CO)=N/NC(=O)c1ccccc1)c1ccccc1. The van der Waals surface area contributed by atoms with Crippen molar-refractivity contribution in [3.63, 3.8) is 0 Å². The normalized spacial score (nSPS) is 13.7. The summed E-state index contributed by atoms with van der Waals surface area (Å²) in [6, 6.07) is 16.8. The van der Waals surface area contributed by atoms with Crippen LogP contribution >= 0.6 is 0 Å². The Labute approximate surface area is 167 Å². The summed E-state index contributed by atoms with van der Waals surface area (Å²) < 4.78 is 0. The third-order valence-corrected chi connectivity index (χ3v) is 3.80. The molecule has 9 heteroatoms. The van der Waals surface area contributed by atoms with Crippen LogP contribution in [0.5, 0.6) is 0 Å². The van der Waals surface area contributed by atoms with Gasteiger partial charge in [-0.2, -0.15) is 10.2 Å². The highest BCUT2D eigenvalue weighted by atomic mass is 16.4. The lowest BCUT2D eigenvalue weighted by Gasteiger charge is -2.15. The van der Waals surface area contributed by atoms with Crippen LogP contribution in [0.25, 0.3) is 0 Å². The molecule has 0 saturated heterocycles. The average molecular weight is 398 g/mol. The molecule has 152 valence electrons. The minimum absolute atomic E-state index is 0.0719. The number of hydrazone groups is 2. The number of hydrogen-bond donors (Lipinski definition) is 5. The molecule has 0 saturated carbocycles. The van der Waals surface area contributed by atoms with Gasteiger partial charge in [-0.25, -0.2) is 10.9 Å². The third kappa shape index (κ3) is 7.26. The van der Waals surface area contributed by atoms with E-state index >= 15 is 0 Å². The van der Waals surface area contributed by atoms with Gasteiger partial charge < -0.3 is 15.3 Å². The fraction of sp³-hybridized carbons (Fsp3) is 0.200. The van der Waals surface area contributed by atoms with Crippen molar-refractivity contribution in [2.45, 2.75) is 18.6 Å². The van der Waals surface area contributed by atoms with Gasteiger partial charge in [0, 0.05) is 17.5 Å². The summed E-state index contributed by atoms with van der Waals surface area (Å²) >= 11 is 0. The van der Waals surface area contributed by atoms with Crippen molar-refractivity contribution in [3.05, 3.63) is 71.8 Å². The van der Waals surface area contributed by atoms with Crippen LogP contribution in [0.3, 0.4) is 0 Å². The predicted molar refractivity (Wildman–Crippen MR) is 107 cm³/mol. The van der Waals surface area contributed by atoms with Crippen molar-refractivity contribution in [1.29, 1.82) is 0 Å². The Morgan fingerprint density at radius 2 is 1.38 bits per heavy atom. The Hall–Kier alpha value is -3.40.